The zero-order valence-corrected chi connectivity index (χ0v) is 21.7. The first-order chi connectivity index (χ1) is 16.8. The van der Waals surface area contributed by atoms with Crippen LogP contribution < -0.4 is 11.1 Å². The monoisotopic (exact) mass is 514 g/mol. The second-order valence-corrected chi connectivity index (χ2v) is 10.0. The number of nitrogens with zero attached hydrogens (tertiary/aromatic N) is 2. The largest absolute Gasteiger partial charge is 0.467 e. The van der Waals surface area contributed by atoms with Crippen molar-refractivity contribution in [3.63, 3.8) is 0 Å². The number of methoxy groups -OCH3 is 1. The van der Waals surface area contributed by atoms with E-state index >= 15 is 0 Å². The van der Waals surface area contributed by atoms with E-state index in [1.165, 1.54) is 18.9 Å². The Morgan fingerprint density at radius 2 is 1.97 bits per heavy atom. The average Bonchev–Trinajstić information content (AvgIpc) is 3.44. The van der Waals surface area contributed by atoms with Gasteiger partial charge in [0.05, 0.1) is 29.8 Å². The maximum Gasteiger partial charge on any atom is 0.328 e. The Morgan fingerprint density at radius 1 is 1.23 bits per heavy atom. The van der Waals surface area contributed by atoms with Crippen molar-refractivity contribution < 1.29 is 19.1 Å². The van der Waals surface area contributed by atoms with Gasteiger partial charge in [-0.3, -0.25) is 9.59 Å². The van der Waals surface area contributed by atoms with E-state index in [1.54, 1.807) is 29.2 Å². The maximum absolute atomic E-state index is 12.0. The van der Waals surface area contributed by atoms with E-state index in [0.29, 0.717) is 24.9 Å². The summed E-state index contributed by atoms with van der Waals surface area (Å²) >= 11 is 3.31. The number of thiazole rings is 1. The van der Waals surface area contributed by atoms with E-state index in [9.17, 15) is 14.4 Å². The molecule has 0 aliphatic carbocycles. The van der Waals surface area contributed by atoms with E-state index in [4.69, 9.17) is 15.5 Å². The number of carbonyl (C=O) groups excluding carboxylic acids is 3. The lowest BCUT2D eigenvalue weighted by atomic mass is 10.1. The lowest BCUT2D eigenvalue weighted by Gasteiger charge is -2.16. The predicted molar refractivity (Wildman–Crippen MR) is 138 cm³/mol. The Balaban J connectivity index is 1.71. The fraction of sp³-hybridized carbons (Fsp3) is 0.360. The van der Waals surface area contributed by atoms with Crippen LogP contribution in [0, 0.1) is 6.92 Å². The number of rotatable bonds is 12. The zero-order valence-electron chi connectivity index (χ0n) is 20.1. The van der Waals surface area contributed by atoms with Crippen LogP contribution in [0.2, 0.25) is 0 Å². The molecule has 2 aromatic heterocycles. The van der Waals surface area contributed by atoms with Crippen LogP contribution in [0.25, 0.3) is 11.4 Å². The van der Waals surface area contributed by atoms with E-state index in [0.717, 1.165) is 34.3 Å². The van der Waals surface area contributed by atoms with Crippen LogP contribution in [0.5, 0.6) is 0 Å². The molecule has 1 atom stereocenters. The molecule has 1 unspecified atom stereocenters. The van der Waals surface area contributed by atoms with Crippen LogP contribution in [0.3, 0.4) is 0 Å². The van der Waals surface area contributed by atoms with Crippen LogP contribution >= 0.6 is 23.1 Å². The van der Waals surface area contributed by atoms with Crippen LogP contribution in [0.1, 0.15) is 47.2 Å². The van der Waals surface area contributed by atoms with Gasteiger partial charge in [0, 0.05) is 29.4 Å². The number of nitrogens with one attached hydrogen (secondary N) is 1. The number of aromatic nitrogens is 2. The van der Waals surface area contributed by atoms with Crippen molar-refractivity contribution in [2.45, 2.75) is 56.3 Å². The summed E-state index contributed by atoms with van der Waals surface area (Å²) in [5.41, 5.74) is 8.52. The molecule has 0 bridgehead atoms. The molecule has 8 nitrogen and oxygen atoms in total. The van der Waals surface area contributed by atoms with Gasteiger partial charge in [-0.25, -0.2) is 9.78 Å². The Labute approximate surface area is 213 Å². The minimum absolute atomic E-state index is 0.278. The highest BCUT2D eigenvalue weighted by molar-refractivity contribution is 7.98. The molecule has 186 valence electrons. The highest BCUT2D eigenvalue weighted by Gasteiger charge is 2.21. The zero-order chi connectivity index (χ0) is 25.4. The molecule has 0 saturated carbocycles. The van der Waals surface area contributed by atoms with Crippen LogP contribution in [-0.4, -0.2) is 40.5 Å². The number of nitrogens with two attached hydrogens (primary N) is 1. The van der Waals surface area contributed by atoms with E-state index in [2.05, 4.69) is 22.0 Å². The van der Waals surface area contributed by atoms with Gasteiger partial charge in [-0.1, -0.05) is 18.2 Å². The molecule has 0 fully saturated rings. The molecule has 0 aliphatic rings. The summed E-state index contributed by atoms with van der Waals surface area (Å²) < 4.78 is 6.84. The van der Waals surface area contributed by atoms with Gasteiger partial charge < -0.3 is 20.4 Å². The third-order valence-corrected chi connectivity index (χ3v) is 7.59. The Kier molecular flexibility index (Phi) is 9.50. The topological polar surface area (TPSA) is 116 Å². The summed E-state index contributed by atoms with van der Waals surface area (Å²) in [6.45, 7) is 3.86. The van der Waals surface area contributed by atoms with Gasteiger partial charge in [-0.2, -0.15) is 0 Å². The lowest BCUT2D eigenvalue weighted by Crippen LogP contribution is -2.40. The first kappa shape index (κ1) is 26.5. The van der Waals surface area contributed by atoms with Crippen LogP contribution in [-0.2, 0) is 26.6 Å². The number of hydrogen-bond acceptors (Lipinski definition) is 7. The molecule has 2 heterocycles. The Hall–Kier alpha value is -3.11. The molecule has 0 spiro atoms. The fourth-order valence-electron chi connectivity index (χ4n) is 3.81. The van der Waals surface area contributed by atoms with Gasteiger partial charge in [0.2, 0.25) is 5.91 Å². The van der Waals surface area contributed by atoms with Gasteiger partial charge in [0.25, 0.3) is 5.91 Å². The molecule has 3 aromatic rings. The van der Waals surface area contributed by atoms with Crippen molar-refractivity contribution in [2.75, 3.05) is 7.11 Å². The normalized spacial score (nSPS) is 11.7. The molecule has 0 radical (unpaired) electrons. The minimum atomic E-state index is -0.674. The summed E-state index contributed by atoms with van der Waals surface area (Å²) in [5, 5.41) is 5.63. The number of hydrogen-bond donors (Lipinski definition) is 2. The number of carbonyl (C=O) groups is 3. The first-order valence-corrected chi connectivity index (χ1v) is 13.1. The molecule has 35 heavy (non-hydrogen) atoms. The maximum atomic E-state index is 12.0. The van der Waals surface area contributed by atoms with Crippen molar-refractivity contribution in [3.05, 3.63) is 58.0 Å². The van der Waals surface area contributed by atoms with Gasteiger partial charge in [0.15, 0.2) is 0 Å². The standard InChI is InChI=1S/C25H30N4O4S2/c1-16-19(24(26)31)13-22(21-14-35-23(28-21)15-34-18-9-5-4-6-10-18)29(16)12-8-7-11-20(25(32)33-3)27-17(2)30/h4-6,9-10,13-14,20H,7-8,11-12,15H2,1-3H3,(H2,26,31)(H,27,30). The molecule has 3 rings (SSSR count). The summed E-state index contributed by atoms with van der Waals surface area (Å²) in [6.07, 6.45) is 1.87. The highest BCUT2D eigenvalue weighted by Crippen LogP contribution is 2.30. The number of primary amides is 1. The summed E-state index contributed by atoms with van der Waals surface area (Å²) in [4.78, 5) is 41.3. The van der Waals surface area contributed by atoms with Gasteiger partial charge in [0.1, 0.15) is 11.0 Å². The van der Waals surface area contributed by atoms with E-state index < -0.39 is 17.9 Å². The summed E-state index contributed by atoms with van der Waals surface area (Å²) in [6, 6.07) is 11.3. The third-order valence-electron chi connectivity index (χ3n) is 5.54. The highest BCUT2D eigenvalue weighted by atomic mass is 32.2. The number of amides is 2. The Morgan fingerprint density at radius 3 is 2.63 bits per heavy atom. The van der Waals surface area contributed by atoms with E-state index in [1.807, 2.05) is 30.5 Å². The number of unbranched alkanes of at least 4 members (excludes halogenated alkanes) is 1. The molecular formula is C25H30N4O4S2. The molecule has 0 saturated heterocycles. The van der Waals surface area contributed by atoms with Crippen molar-refractivity contribution in [1.29, 1.82) is 0 Å². The molecule has 2 amide bonds. The summed E-state index contributed by atoms with van der Waals surface area (Å²) in [7, 11) is 1.30. The third kappa shape index (κ3) is 7.19. The molecule has 0 aliphatic heterocycles. The quantitative estimate of drug-likeness (QED) is 0.213. The van der Waals surface area contributed by atoms with Crippen LogP contribution in [0.15, 0.2) is 46.7 Å². The predicted octanol–water partition coefficient (Wildman–Crippen LogP) is 4.16. The molecular weight excluding hydrogens is 484 g/mol. The van der Waals surface area contributed by atoms with Gasteiger partial charge >= 0.3 is 5.97 Å². The molecule has 3 N–H and O–H groups in total. The number of ether oxygens (including phenoxy) is 1. The fourth-order valence-corrected chi connectivity index (χ4v) is 5.53. The smallest absolute Gasteiger partial charge is 0.328 e. The Bertz CT molecular complexity index is 1170. The van der Waals surface area contributed by atoms with Gasteiger partial charge in [-0.05, 0) is 44.4 Å². The number of esters is 1. The van der Waals surface area contributed by atoms with Crippen molar-refractivity contribution >= 4 is 40.9 Å². The SMILES string of the molecule is COC(=O)C(CCCCn1c(-c2csc(CSc3ccccc3)n2)cc(C(N)=O)c1C)NC(C)=O. The molecule has 1 aromatic carbocycles. The van der Waals surface area contributed by atoms with Gasteiger partial charge in [-0.15, -0.1) is 23.1 Å². The van der Waals surface area contributed by atoms with Crippen LogP contribution in [0.4, 0.5) is 0 Å². The minimum Gasteiger partial charge on any atom is -0.467 e. The molecule has 10 heteroatoms. The van der Waals surface area contributed by atoms with Crippen molar-refractivity contribution in [3.8, 4) is 11.4 Å². The summed E-state index contributed by atoms with van der Waals surface area (Å²) in [5.74, 6) is -0.457. The number of thioether (sulfide) groups is 1. The first-order valence-electron chi connectivity index (χ1n) is 11.3. The lowest BCUT2D eigenvalue weighted by molar-refractivity contribution is -0.145. The van der Waals surface area contributed by atoms with Crippen molar-refractivity contribution in [2.24, 2.45) is 5.73 Å². The second-order valence-electron chi connectivity index (χ2n) is 8.04. The average molecular weight is 515 g/mol. The van der Waals surface area contributed by atoms with E-state index in [-0.39, 0.29) is 5.91 Å². The second kappa shape index (κ2) is 12.6. The number of benzene rings is 1. The van der Waals surface area contributed by atoms with Crippen molar-refractivity contribution in [1.82, 2.24) is 14.9 Å².